The van der Waals surface area contributed by atoms with Crippen LogP contribution < -0.4 is 0 Å². The Bertz CT molecular complexity index is 540. The minimum Gasteiger partial charge on any atom is -0.289 e. The fourth-order valence-corrected chi connectivity index (χ4v) is 5.30. The standard InChI is InChI=1S/C23H33N/c1-3-8-19(9-4-1)14-15-21-16-22-12-7-13-23(17-21)24(22)18-20-10-5-2-6-11-20/h2,5-6,10-11,16,19,22-23H,1,3-4,7-9,12-15,17-18H2. The quantitative estimate of drug-likeness (QED) is 0.592. The molecular weight excluding hydrogens is 290 g/mol. The lowest BCUT2D eigenvalue weighted by Crippen LogP contribution is -2.48. The number of nitrogens with zero attached hydrogens (tertiary/aromatic N) is 1. The highest BCUT2D eigenvalue weighted by Gasteiger charge is 2.33. The average Bonchev–Trinajstić information content (AvgIpc) is 2.62. The highest BCUT2D eigenvalue weighted by atomic mass is 15.2. The summed E-state index contributed by atoms with van der Waals surface area (Å²) in [5.74, 6) is 1.03. The van der Waals surface area contributed by atoms with Gasteiger partial charge in [0.15, 0.2) is 0 Å². The molecule has 2 heterocycles. The van der Waals surface area contributed by atoms with Crippen molar-refractivity contribution < 1.29 is 0 Å². The Morgan fingerprint density at radius 1 is 0.875 bits per heavy atom. The Labute approximate surface area is 148 Å². The SMILES string of the molecule is C1=C(CCC2CCCCC2)CC2CCCC1N2Cc1ccccc1. The molecule has 130 valence electrons. The van der Waals surface area contributed by atoms with Crippen LogP contribution in [0.25, 0.3) is 0 Å². The van der Waals surface area contributed by atoms with E-state index in [0.717, 1.165) is 18.5 Å². The second kappa shape index (κ2) is 7.87. The molecule has 2 atom stereocenters. The van der Waals surface area contributed by atoms with E-state index in [2.05, 4.69) is 41.3 Å². The van der Waals surface area contributed by atoms with Gasteiger partial charge in [0.1, 0.15) is 0 Å². The third-order valence-corrected chi connectivity index (χ3v) is 6.66. The zero-order valence-corrected chi connectivity index (χ0v) is 15.1. The molecule has 3 aliphatic rings. The minimum atomic E-state index is 0.707. The van der Waals surface area contributed by atoms with E-state index >= 15 is 0 Å². The third kappa shape index (κ3) is 3.94. The van der Waals surface area contributed by atoms with Crippen molar-refractivity contribution in [2.24, 2.45) is 5.92 Å². The number of hydrogen-bond donors (Lipinski definition) is 0. The summed E-state index contributed by atoms with van der Waals surface area (Å²) in [5.41, 5.74) is 3.27. The number of benzene rings is 1. The molecule has 2 fully saturated rings. The summed E-state index contributed by atoms with van der Waals surface area (Å²) < 4.78 is 0. The summed E-state index contributed by atoms with van der Waals surface area (Å²) in [6.07, 6.45) is 18.5. The van der Waals surface area contributed by atoms with Crippen LogP contribution in [-0.4, -0.2) is 17.0 Å². The van der Waals surface area contributed by atoms with Crippen LogP contribution in [-0.2, 0) is 6.54 Å². The fraction of sp³-hybridized carbons (Fsp3) is 0.652. The lowest BCUT2D eigenvalue weighted by molar-refractivity contribution is 0.0873. The van der Waals surface area contributed by atoms with Crippen molar-refractivity contribution in [3.8, 4) is 0 Å². The van der Waals surface area contributed by atoms with Gasteiger partial charge in [-0.15, -0.1) is 0 Å². The van der Waals surface area contributed by atoms with Gasteiger partial charge < -0.3 is 0 Å². The van der Waals surface area contributed by atoms with Crippen molar-refractivity contribution in [1.29, 1.82) is 0 Å². The van der Waals surface area contributed by atoms with Crippen LogP contribution in [0.1, 0.15) is 76.2 Å². The van der Waals surface area contributed by atoms with Crippen molar-refractivity contribution in [2.45, 2.75) is 89.3 Å². The Kier molecular flexibility index (Phi) is 5.37. The molecule has 1 aliphatic carbocycles. The van der Waals surface area contributed by atoms with Gasteiger partial charge in [-0.1, -0.05) is 80.5 Å². The van der Waals surface area contributed by atoms with Gasteiger partial charge in [0, 0.05) is 18.6 Å². The molecule has 1 saturated heterocycles. The van der Waals surface area contributed by atoms with Crippen molar-refractivity contribution in [3.05, 3.63) is 47.5 Å². The van der Waals surface area contributed by atoms with Crippen molar-refractivity contribution >= 4 is 0 Å². The molecule has 24 heavy (non-hydrogen) atoms. The normalized spacial score (nSPS) is 28.6. The molecule has 0 spiro atoms. The molecular formula is C23H33N. The number of fused-ring (bicyclic) bond motifs is 2. The highest BCUT2D eigenvalue weighted by molar-refractivity contribution is 5.20. The van der Waals surface area contributed by atoms with Gasteiger partial charge in [0.2, 0.25) is 0 Å². The van der Waals surface area contributed by atoms with Crippen LogP contribution in [0.4, 0.5) is 0 Å². The first-order valence-electron chi connectivity index (χ1n) is 10.4. The summed E-state index contributed by atoms with van der Waals surface area (Å²) in [7, 11) is 0. The molecule has 0 radical (unpaired) electrons. The molecule has 1 aromatic rings. The van der Waals surface area contributed by atoms with Gasteiger partial charge in [-0.05, 0) is 43.6 Å². The molecule has 1 aromatic carbocycles. The second-order valence-electron chi connectivity index (χ2n) is 8.38. The Hall–Kier alpha value is -1.08. The van der Waals surface area contributed by atoms with Crippen molar-refractivity contribution in [3.63, 3.8) is 0 Å². The van der Waals surface area contributed by atoms with E-state index in [0.29, 0.717) is 6.04 Å². The number of rotatable bonds is 5. The predicted octanol–water partition coefficient (Wildman–Crippen LogP) is 6.10. The first-order chi connectivity index (χ1) is 11.9. The van der Waals surface area contributed by atoms with Gasteiger partial charge in [-0.2, -0.15) is 0 Å². The zero-order chi connectivity index (χ0) is 16.2. The van der Waals surface area contributed by atoms with Gasteiger partial charge in [-0.3, -0.25) is 4.90 Å². The zero-order valence-electron chi connectivity index (χ0n) is 15.1. The molecule has 1 saturated carbocycles. The van der Waals surface area contributed by atoms with E-state index in [1.165, 1.54) is 76.2 Å². The van der Waals surface area contributed by atoms with Crippen molar-refractivity contribution in [1.82, 2.24) is 4.90 Å². The van der Waals surface area contributed by atoms with Crippen LogP contribution in [0.15, 0.2) is 42.0 Å². The predicted molar refractivity (Wildman–Crippen MR) is 102 cm³/mol. The molecule has 0 aromatic heterocycles. The third-order valence-electron chi connectivity index (χ3n) is 6.66. The van der Waals surface area contributed by atoms with Gasteiger partial charge in [0.25, 0.3) is 0 Å². The van der Waals surface area contributed by atoms with Crippen molar-refractivity contribution in [2.75, 3.05) is 0 Å². The maximum atomic E-state index is 2.79. The monoisotopic (exact) mass is 323 g/mol. The molecule has 0 N–H and O–H groups in total. The second-order valence-corrected chi connectivity index (χ2v) is 8.38. The van der Waals surface area contributed by atoms with E-state index in [4.69, 9.17) is 0 Å². The lowest BCUT2D eigenvalue weighted by Gasteiger charge is -2.45. The Morgan fingerprint density at radius 2 is 1.71 bits per heavy atom. The van der Waals surface area contributed by atoms with Gasteiger partial charge in [0.05, 0.1) is 0 Å². The summed E-state index contributed by atoms with van der Waals surface area (Å²) in [6, 6.07) is 12.6. The maximum absolute atomic E-state index is 2.79. The first-order valence-corrected chi connectivity index (χ1v) is 10.4. The van der Waals surface area contributed by atoms with Crippen LogP contribution in [0.2, 0.25) is 0 Å². The fourth-order valence-electron chi connectivity index (χ4n) is 5.30. The summed E-state index contributed by atoms with van der Waals surface area (Å²) in [4.78, 5) is 2.79. The Morgan fingerprint density at radius 3 is 2.50 bits per heavy atom. The van der Waals surface area contributed by atoms with Crippen LogP contribution in [0.5, 0.6) is 0 Å². The summed E-state index contributed by atoms with van der Waals surface area (Å²) in [6.45, 7) is 1.14. The lowest BCUT2D eigenvalue weighted by atomic mass is 9.80. The topological polar surface area (TPSA) is 3.24 Å². The molecule has 2 bridgehead atoms. The maximum Gasteiger partial charge on any atom is 0.0287 e. The molecule has 1 nitrogen and oxygen atoms in total. The highest BCUT2D eigenvalue weighted by Crippen LogP contribution is 2.37. The molecule has 1 heteroatoms. The summed E-state index contributed by atoms with van der Waals surface area (Å²) >= 11 is 0. The first kappa shape index (κ1) is 16.4. The smallest absolute Gasteiger partial charge is 0.0287 e. The van der Waals surface area contributed by atoms with E-state index in [-0.39, 0.29) is 0 Å². The van der Waals surface area contributed by atoms with Crippen LogP contribution in [0.3, 0.4) is 0 Å². The van der Waals surface area contributed by atoms with E-state index in [1.54, 1.807) is 5.57 Å². The largest absolute Gasteiger partial charge is 0.289 e. The molecule has 2 aliphatic heterocycles. The van der Waals surface area contributed by atoms with Crippen LogP contribution >= 0.6 is 0 Å². The minimum absolute atomic E-state index is 0.707. The Balaban J connectivity index is 1.38. The molecule has 0 amide bonds. The molecule has 4 rings (SSSR count). The molecule has 2 unspecified atom stereocenters. The van der Waals surface area contributed by atoms with Gasteiger partial charge >= 0.3 is 0 Å². The number of piperidine rings is 1. The number of hydrogen-bond acceptors (Lipinski definition) is 1. The van der Waals surface area contributed by atoms with Gasteiger partial charge in [-0.25, -0.2) is 0 Å². The van der Waals surface area contributed by atoms with E-state index in [1.807, 2.05) is 0 Å². The van der Waals surface area contributed by atoms with E-state index in [9.17, 15) is 0 Å². The average molecular weight is 324 g/mol. The van der Waals surface area contributed by atoms with E-state index < -0.39 is 0 Å². The summed E-state index contributed by atoms with van der Waals surface area (Å²) in [5, 5.41) is 0. The van der Waals surface area contributed by atoms with Crippen LogP contribution in [0, 0.1) is 5.92 Å².